The van der Waals surface area contributed by atoms with Crippen LogP contribution in [-0.2, 0) is 12.8 Å². The molecule has 1 fully saturated rings. The minimum atomic E-state index is 0. The van der Waals surface area contributed by atoms with E-state index in [0.717, 1.165) is 44.4 Å². The molecule has 7 heteroatoms. The van der Waals surface area contributed by atoms with E-state index in [4.69, 9.17) is 4.98 Å². The Morgan fingerprint density at radius 2 is 2.14 bits per heavy atom. The maximum Gasteiger partial charge on any atom is 0.193 e. The number of guanidine groups is 1. The molecule has 4 nitrogen and oxygen atoms in total. The van der Waals surface area contributed by atoms with Gasteiger partial charge in [-0.2, -0.15) is 0 Å². The summed E-state index contributed by atoms with van der Waals surface area (Å²) < 4.78 is 0. The van der Waals surface area contributed by atoms with E-state index in [1.165, 1.54) is 32.6 Å². The van der Waals surface area contributed by atoms with Crippen LogP contribution < -0.4 is 5.32 Å². The van der Waals surface area contributed by atoms with Crippen molar-refractivity contribution in [3.05, 3.63) is 45.9 Å². The molecule has 1 aromatic heterocycles. The summed E-state index contributed by atoms with van der Waals surface area (Å²) in [6.45, 7) is 7.42. The first-order chi connectivity index (χ1) is 13.2. The van der Waals surface area contributed by atoms with Crippen LogP contribution in [0.4, 0.5) is 0 Å². The summed E-state index contributed by atoms with van der Waals surface area (Å²) in [6, 6.07) is 10.7. The van der Waals surface area contributed by atoms with Crippen LogP contribution in [-0.4, -0.2) is 48.3 Å². The second-order valence-corrected chi connectivity index (χ2v) is 9.29. The van der Waals surface area contributed by atoms with Gasteiger partial charge in [0.05, 0.1) is 10.7 Å². The lowest BCUT2D eigenvalue weighted by Crippen LogP contribution is -2.41. The van der Waals surface area contributed by atoms with E-state index in [9.17, 15) is 0 Å². The maximum absolute atomic E-state index is 4.74. The fraction of sp³-hybridized carbons (Fsp3) is 0.524. The number of nitrogens with one attached hydrogen (secondary N) is 1. The highest BCUT2D eigenvalue weighted by Gasteiger charge is 2.24. The number of aromatic nitrogens is 1. The minimum absolute atomic E-state index is 0. The van der Waals surface area contributed by atoms with Gasteiger partial charge >= 0.3 is 0 Å². The van der Waals surface area contributed by atoms with Crippen molar-refractivity contribution in [3.63, 3.8) is 0 Å². The zero-order valence-corrected chi connectivity index (χ0v) is 20.9. The van der Waals surface area contributed by atoms with Gasteiger partial charge in [-0.1, -0.05) is 25.1 Å². The SMILES string of the molecule is CCc1nc(CCNC(=NC)N2CCC(CSc3ccccc3)C2)sc1C.I. The van der Waals surface area contributed by atoms with Gasteiger partial charge in [-0.05, 0) is 37.8 Å². The Balaban J connectivity index is 0.00000280. The standard InChI is InChI=1S/C21H30N4S2.HI/c1-4-19-16(2)27-20(24-19)10-12-23-21(22-3)25-13-11-17(14-25)15-26-18-8-6-5-7-9-18;/h5-9,17H,4,10-15H2,1-3H3,(H,22,23);1H. The zero-order valence-electron chi connectivity index (χ0n) is 17.0. The Morgan fingerprint density at radius 1 is 1.36 bits per heavy atom. The number of likely N-dealkylation sites (tertiary alicyclic amines) is 1. The summed E-state index contributed by atoms with van der Waals surface area (Å²) >= 11 is 3.79. The van der Waals surface area contributed by atoms with E-state index in [1.54, 1.807) is 0 Å². The number of halogens is 1. The highest BCUT2D eigenvalue weighted by atomic mass is 127. The second kappa shape index (κ2) is 12.0. The number of hydrogen-bond donors (Lipinski definition) is 1. The second-order valence-electron chi connectivity index (χ2n) is 6.91. The van der Waals surface area contributed by atoms with Gasteiger partial charge in [-0.25, -0.2) is 4.98 Å². The van der Waals surface area contributed by atoms with Crippen LogP contribution in [0.25, 0.3) is 0 Å². The quantitative estimate of drug-likeness (QED) is 0.240. The minimum Gasteiger partial charge on any atom is -0.356 e. The van der Waals surface area contributed by atoms with Crippen molar-refractivity contribution in [2.45, 2.75) is 38.0 Å². The third-order valence-corrected chi connectivity index (χ3v) is 7.24. The van der Waals surface area contributed by atoms with Gasteiger partial charge in [-0.15, -0.1) is 47.1 Å². The Bertz CT molecular complexity index is 748. The molecule has 2 aromatic rings. The number of aliphatic imine (C=N–C) groups is 1. The lowest BCUT2D eigenvalue weighted by Gasteiger charge is -2.21. The summed E-state index contributed by atoms with van der Waals surface area (Å²) in [6.07, 6.45) is 3.23. The molecule has 1 saturated heterocycles. The maximum atomic E-state index is 4.74. The predicted molar refractivity (Wildman–Crippen MR) is 134 cm³/mol. The predicted octanol–water partition coefficient (Wildman–Crippen LogP) is 4.86. The molecule has 0 saturated carbocycles. The number of aryl methyl sites for hydroxylation is 2. The van der Waals surface area contributed by atoms with Crippen molar-refractivity contribution in [1.29, 1.82) is 0 Å². The molecule has 0 radical (unpaired) electrons. The molecule has 1 atom stereocenters. The normalized spacial score (nSPS) is 16.9. The van der Waals surface area contributed by atoms with E-state index in [-0.39, 0.29) is 24.0 Å². The van der Waals surface area contributed by atoms with Gasteiger partial charge in [0.1, 0.15) is 0 Å². The molecule has 1 unspecified atom stereocenters. The van der Waals surface area contributed by atoms with E-state index < -0.39 is 0 Å². The highest BCUT2D eigenvalue weighted by Crippen LogP contribution is 2.26. The van der Waals surface area contributed by atoms with Crippen LogP contribution in [0.15, 0.2) is 40.2 Å². The molecule has 2 heterocycles. The molecule has 3 rings (SSSR count). The van der Waals surface area contributed by atoms with Crippen LogP contribution in [0.5, 0.6) is 0 Å². The molecule has 0 aliphatic carbocycles. The monoisotopic (exact) mass is 530 g/mol. The van der Waals surface area contributed by atoms with Crippen molar-refractivity contribution in [2.75, 3.05) is 32.4 Å². The van der Waals surface area contributed by atoms with Crippen LogP contribution in [0.1, 0.15) is 28.9 Å². The Kier molecular flexibility index (Phi) is 10.1. The number of rotatable bonds is 7. The summed E-state index contributed by atoms with van der Waals surface area (Å²) in [5.41, 5.74) is 1.25. The van der Waals surface area contributed by atoms with Gasteiger partial charge in [-0.3, -0.25) is 4.99 Å². The van der Waals surface area contributed by atoms with Gasteiger partial charge in [0.2, 0.25) is 0 Å². The summed E-state index contributed by atoms with van der Waals surface area (Å²) in [5.74, 6) is 2.93. The molecule has 1 aromatic carbocycles. The van der Waals surface area contributed by atoms with E-state index in [0.29, 0.717) is 0 Å². The van der Waals surface area contributed by atoms with Crippen molar-refractivity contribution in [1.82, 2.24) is 15.2 Å². The zero-order chi connectivity index (χ0) is 19.1. The van der Waals surface area contributed by atoms with E-state index in [1.807, 2.05) is 30.1 Å². The summed E-state index contributed by atoms with van der Waals surface area (Å²) in [5, 5.41) is 4.76. The summed E-state index contributed by atoms with van der Waals surface area (Å²) in [7, 11) is 1.89. The Hall–Kier alpha value is -0.800. The first-order valence-electron chi connectivity index (χ1n) is 9.78. The Morgan fingerprint density at radius 3 is 2.82 bits per heavy atom. The number of nitrogens with zero attached hydrogens (tertiary/aromatic N) is 3. The molecular weight excluding hydrogens is 499 g/mol. The lowest BCUT2D eigenvalue weighted by molar-refractivity contribution is 0.475. The average Bonchev–Trinajstić information content (AvgIpc) is 3.30. The van der Waals surface area contributed by atoms with Gasteiger partial charge in [0.25, 0.3) is 0 Å². The third-order valence-electron chi connectivity index (χ3n) is 4.92. The van der Waals surface area contributed by atoms with Crippen LogP contribution >= 0.6 is 47.1 Å². The first kappa shape index (κ1) is 23.5. The van der Waals surface area contributed by atoms with Crippen LogP contribution in [0.2, 0.25) is 0 Å². The number of hydrogen-bond acceptors (Lipinski definition) is 4. The van der Waals surface area contributed by atoms with Crippen molar-refractivity contribution in [2.24, 2.45) is 10.9 Å². The Labute approximate surface area is 194 Å². The molecular formula is C21H31IN4S2. The molecule has 0 bridgehead atoms. The van der Waals surface area contributed by atoms with Crippen molar-refractivity contribution >= 4 is 53.0 Å². The molecule has 1 aliphatic heterocycles. The van der Waals surface area contributed by atoms with E-state index in [2.05, 4.69) is 59.4 Å². The van der Waals surface area contributed by atoms with Gasteiger partial charge < -0.3 is 10.2 Å². The van der Waals surface area contributed by atoms with Gasteiger partial charge in [0.15, 0.2) is 5.96 Å². The molecule has 154 valence electrons. The lowest BCUT2D eigenvalue weighted by atomic mass is 10.2. The number of thioether (sulfide) groups is 1. The molecule has 1 N–H and O–H groups in total. The summed E-state index contributed by atoms with van der Waals surface area (Å²) in [4.78, 5) is 14.4. The highest BCUT2D eigenvalue weighted by molar-refractivity contribution is 14.0. The fourth-order valence-electron chi connectivity index (χ4n) is 3.43. The average molecular weight is 531 g/mol. The van der Waals surface area contributed by atoms with Crippen LogP contribution in [0, 0.1) is 12.8 Å². The largest absolute Gasteiger partial charge is 0.356 e. The number of thiazole rings is 1. The fourth-order valence-corrected chi connectivity index (χ4v) is 5.50. The molecule has 0 spiro atoms. The van der Waals surface area contributed by atoms with Crippen LogP contribution in [0.3, 0.4) is 0 Å². The van der Waals surface area contributed by atoms with Crippen molar-refractivity contribution in [3.8, 4) is 0 Å². The van der Waals surface area contributed by atoms with Gasteiger partial charge in [0, 0.05) is 48.6 Å². The van der Waals surface area contributed by atoms with Crippen molar-refractivity contribution < 1.29 is 0 Å². The molecule has 28 heavy (non-hydrogen) atoms. The topological polar surface area (TPSA) is 40.5 Å². The third kappa shape index (κ3) is 6.62. The van der Waals surface area contributed by atoms with E-state index >= 15 is 0 Å². The molecule has 1 aliphatic rings. The first-order valence-corrected chi connectivity index (χ1v) is 11.6. The molecule has 0 amide bonds. The number of benzene rings is 1. The smallest absolute Gasteiger partial charge is 0.193 e.